The molecule has 0 unspecified atom stereocenters. The zero-order valence-corrected chi connectivity index (χ0v) is 6.76. The monoisotopic (exact) mass is 156 g/mol. The Balaban J connectivity index is 3.26. The fourth-order valence-corrected chi connectivity index (χ4v) is 0.397. The second kappa shape index (κ2) is 5.69. The molecule has 62 valence electrons. The summed E-state index contributed by atoms with van der Waals surface area (Å²) < 4.78 is 0. The van der Waals surface area contributed by atoms with E-state index in [-0.39, 0.29) is 6.42 Å². The first-order chi connectivity index (χ1) is 5.16. The average molecular weight is 156 g/mol. The van der Waals surface area contributed by atoms with E-state index in [2.05, 4.69) is 5.48 Å². The normalized spacial score (nSPS) is 9.27. The van der Waals surface area contributed by atoms with Gasteiger partial charge in [-0.05, 0) is 5.92 Å². The van der Waals surface area contributed by atoms with Gasteiger partial charge in [0.05, 0.1) is 12.7 Å². The number of carbonyl (C=O) groups is 1. The van der Waals surface area contributed by atoms with Gasteiger partial charge in [0.2, 0.25) is 0 Å². The molecule has 0 heterocycles. The molecule has 0 rings (SSSR count). The molecular weight excluding hydrogens is 144 g/mol. The Labute approximate surface area is 66.1 Å². The maximum absolute atomic E-state index is 10.6. The Bertz CT molecular complexity index is 160. The summed E-state index contributed by atoms with van der Waals surface area (Å²) in [7, 11) is 0. The van der Waals surface area contributed by atoms with Gasteiger partial charge < -0.3 is 0 Å². The van der Waals surface area contributed by atoms with Crippen molar-refractivity contribution in [2.45, 2.75) is 20.3 Å². The Morgan fingerprint density at radius 3 is 2.82 bits per heavy atom. The molecule has 0 aliphatic rings. The largest absolute Gasteiger partial charge is 0.273 e. The van der Waals surface area contributed by atoms with Gasteiger partial charge in [0.15, 0.2) is 0 Å². The standard InChI is InChI=1S/C7H12N2O2/c1-6(2)5-11-9-7(10)3-4-8/h6H,3,5H2,1-2H3,(H,9,10). The van der Waals surface area contributed by atoms with Crippen molar-refractivity contribution in [2.75, 3.05) is 6.61 Å². The fraction of sp³-hybridized carbons (Fsp3) is 0.714. The summed E-state index contributed by atoms with van der Waals surface area (Å²) in [6.07, 6.45) is -0.155. The van der Waals surface area contributed by atoms with E-state index in [0.29, 0.717) is 12.5 Å². The van der Waals surface area contributed by atoms with Crippen LogP contribution in [0.5, 0.6) is 0 Å². The molecule has 0 fully saturated rings. The molecule has 0 saturated heterocycles. The van der Waals surface area contributed by atoms with Crippen LogP contribution in [-0.4, -0.2) is 12.5 Å². The smallest absolute Gasteiger partial charge is 0.257 e. The van der Waals surface area contributed by atoms with E-state index in [1.807, 2.05) is 13.8 Å². The predicted molar refractivity (Wildman–Crippen MR) is 39.2 cm³/mol. The minimum absolute atomic E-state index is 0.155. The third-order valence-corrected chi connectivity index (χ3v) is 0.842. The van der Waals surface area contributed by atoms with Gasteiger partial charge in [0.1, 0.15) is 6.42 Å². The molecule has 0 atom stereocenters. The van der Waals surface area contributed by atoms with Crippen LogP contribution in [0.15, 0.2) is 0 Å². The number of hydrogen-bond donors (Lipinski definition) is 1. The summed E-state index contributed by atoms with van der Waals surface area (Å²) in [5.74, 6) is -0.0227. The van der Waals surface area contributed by atoms with Crippen molar-refractivity contribution in [1.82, 2.24) is 5.48 Å². The van der Waals surface area contributed by atoms with E-state index >= 15 is 0 Å². The number of nitriles is 1. The molecule has 1 amide bonds. The van der Waals surface area contributed by atoms with Gasteiger partial charge >= 0.3 is 0 Å². The molecular formula is C7H12N2O2. The fourth-order valence-electron chi connectivity index (χ4n) is 0.397. The van der Waals surface area contributed by atoms with Crippen molar-refractivity contribution in [3.05, 3.63) is 0 Å². The van der Waals surface area contributed by atoms with Crippen molar-refractivity contribution in [1.29, 1.82) is 5.26 Å². The van der Waals surface area contributed by atoms with E-state index < -0.39 is 5.91 Å². The highest BCUT2D eigenvalue weighted by Crippen LogP contribution is 1.89. The number of nitrogens with one attached hydrogen (secondary N) is 1. The number of carbonyl (C=O) groups excluding carboxylic acids is 1. The van der Waals surface area contributed by atoms with Crippen LogP contribution in [0.4, 0.5) is 0 Å². The second-order valence-electron chi connectivity index (χ2n) is 2.56. The van der Waals surface area contributed by atoms with Crippen molar-refractivity contribution in [2.24, 2.45) is 5.92 Å². The highest BCUT2D eigenvalue weighted by molar-refractivity contribution is 5.76. The molecule has 0 radical (unpaired) electrons. The van der Waals surface area contributed by atoms with Crippen LogP contribution in [0.1, 0.15) is 20.3 Å². The lowest BCUT2D eigenvalue weighted by atomic mass is 10.2. The third kappa shape index (κ3) is 6.81. The van der Waals surface area contributed by atoms with Gasteiger partial charge in [0.25, 0.3) is 5.91 Å². The number of rotatable bonds is 4. The van der Waals surface area contributed by atoms with Gasteiger partial charge in [-0.1, -0.05) is 13.8 Å². The van der Waals surface area contributed by atoms with E-state index in [4.69, 9.17) is 10.1 Å². The predicted octanol–water partition coefficient (Wildman–Crippen LogP) is 0.604. The number of amides is 1. The minimum Gasteiger partial charge on any atom is -0.273 e. The maximum atomic E-state index is 10.6. The summed E-state index contributed by atoms with van der Waals surface area (Å²) in [6, 6.07) is 1.71. The Kier molecular flexibility index (Phi) is 5.13. The molecule has 0 aromatic rings. The summed E-state index contributed by atoms with van der Waals surface area (Å²) in [6.45, 7) is 4.41. The summed E-state index contributed by atoms with van der Waals surface area (Å²) in [5, 5.41) is 8.08. The maximum Gasteiger partial charge on any atom is 0.257 e. The number of hydrogen-bond acceptors (Lipinski definition) is 3. The zero-order chi connectivity index (χ0) is 8.69. The molecule has 0 saturated carbocycles. The van der Waals surface area contributed by atoms with Crippen LogP contribution < -0.4 is 5.48 Å². The molecule has 0 aromatic carbocycles. The summed E-state index contributed by atoms with van der Waals surface area (Å²) >= 11 is 0. The molecule has 0 aromatic heterocycles. The van der Waals surface area contributed by atoms with Gasteiger partial charge in [-0.3, -0.25) is 9.63 Å². The van der Waals surface area contributed by atoms with Gasteiger partial charge in [0, 0.05) is 0 Å². The third-order valence-electron chi connectivity index (χ3n) is 0.842. The first kappa shape index (κ1) is 9.92. The first-order valence-electron chi connectivity index (χ1n) is 3.44. The van der Waals surface area contributed by atoms with E-state index in [1.54, 1.807) is 6.07 Å². The lowest BCUT2D eigenvalue weighted by Crippen LogP contribution is -2.24. The van der Waals surface area contributed by atoms with Crippen LogP contribution in [0.2, 0.25) is 0 Å². The lowest BCUT2D eigenvalue weighted by Gasteiger charge is -2.05. The molecule has 11 heavy (non-hydrogen) atoms. The first-order valence-corrected chi connectivity index (χ1v) is 3.44. The van der Waals surface area contributed by atoms with Crippen molar-refractivity contribution in [3.8, 4) is 6.07 Å². The van der Waals surface area contributed by atoms with Crippen LogP contribution in [0.3, 0.4) is 0 Å². The zero-order valence-electron chi connectivity index (χ0n) is 6.76. The minimum atomic E-state index is -0.395. The Morgan fingerprint density at radius 1 is 1.73 bits per heavy atom. The van der Waals surface area contributed by atoms with Crippen molar-refractivity contribution >= 4 is 5.91 Å². The van der Waals surface area contributed by atoms with Crippen molar-refractivity contribution < 1.29 is 9.63 Å². The number of nitrogens with zero attached hydrogens (tertiary/aromatic N) is 1. The molecule has 4 nitrogen and oxygen atoms in total. The van der Waals surface area contributed by atoms with Crippen molar-refractivity contribution in [3.63, 3.8) is 0 Å². The quantitative estimate of drug-likeness (QED) is 0.606. The van der Waals surface area contributed by atoms with E-state index in [1.165, 1.54) is 0 Å². The number of hydroxylamine groups is 1. The van der Waals surface area contributed by atoms with Gasteiger partial charge in [-0.25, -0.2) is 5.48 Å². The molecule has 1 N–H and O–H groups in total. The van der Waals surface area contributed by atoms with Crippen LogP contribution in [0, 0.1) is 17.2 Å². The molecule has 0 bridgehead atoms. The summed E-state index contributed by atoms with van der Waals surface area (Å²) in [4.78, 5) is 15.3. The molecule has 0 aliphatic carbocycles. The average Bonchev–Trinajstić information content (AvgIpc) is 1.87. The SMILES string of the molecule is CC(C)CONC(=O)CC#N. The van der Waals surface area contributed by atoms with E-state index in [0.717, 1.165) is 0 Å². The Morgan fingerprint density at radius 2 is 2.36 bits per heavy atom. The molecule has 0 aliphatic heterocycles. The second-order valence-corrected chi connectivity index (χ2v) is 2.56. The van der Waals surface area contributed by atoms with Crippen LogP contribution in [0.25, 0.3) is 0 Å². The van der Waals surface area contributed by atoms with E-state index in [9.17, 15) is 4.79 Å². The van der Waals surface area contributed by atoms with Crippen LogP contribution in [-0.2, 0) is 9.63 Å². The molecule has 0 spiro atoms. The van der Waals surface area contributed by atoms with Gasteiger partial charge in [-0.2, -0.15) is 5.26 Å². The topological polar surface area (TPSA) is 62.1 Å². The lowest BCUT2D eigenvalue weighted by molar-refractivity contribution is -0.133. The van der Waals surface area contributed by atoms with Crippen LogP contribution >= 0.6 is 0 Å². The molecule has 4 heteroatoms. The summed E-state index contributed by atoms with van der Waals surface area (Å²) in [5.41, 5.74) is 2.15. The Hall–Kier alpha value is -1.08. The highest BCUT2D eigenvalue weighted by Gasteiger charge is 1.99. The van der Waals surface area contributed by atoms with Gasteiger partial charge in [-0.15, -0.1) is 0 Å². The highest BCUT2D eigenvalue weighted by atomic mass is 16.6.